The van der Waals surface area contributed by atoms with Crippen LogP contribution in [0.3, 0.4) is 0 Å². The number of carbonyl (C=O) groups is 2. The van der Waals surface area contributed by atoms with Crippen molar-refractivity contribution in [2.75, 3.05) is 45.2 Å². The number of hydrogen-bond donors (Lipinski definition) is 1. The van der Waals surface area contributed by atoms with Gasteiger partial charge in [-0.05, 0) is 24.7 Å². The minimum atomic E-state index is -0.167. The van der Waals surface area contributed by atoms with E-state index in [9.17, 15) is 9.59 Å². The van der Waals surface area contributed by atoms with Crippen molar-refractivity contribution in [1.29, 1.82) is 0 Å². The van der Waals surface area contributed by atoms with E-state index in [1.54, 1.807) is 25.3 Å². The molecule has 6 nitrogen and oxygen atoms in total. The summed E-state index contributed by atoms with van der Waals surface area (Å²) in [6.45, 7) is 7.75. The molecule has 0 saturated carbocycles. The normalized spacial score (nSPS) is 15.5. The number of benzene rings is 1. The van der Waals surface area contributed by atoms with E-state index in [0.717, 1.165) is 19.6 Å². The van der Waals surface area contributed by atoms with Gasteiger partial charge < -0.3 is 19.9 Å². The maximum Gasteiger partial charge on any atom is 0.257 e. The van der Waals surface area contributed by atoms with Crippen molar-refractivity contribution in [2.45, 2.75) is 13.8 Å². The molecule has 1 aromatic rings. The van der Waals surface area contributed by atoms with Crippen LogP contribution >= 0.6 is 0 Å². The molecule has 2 amide bonds. The molecule has 0 bridgehead atoms. The summed E-state index contributed by atoms with van der Waals surface area (Å²) in [6.07, 6.45) is 0. The lowest BCUT2D eigenvalue weighted by Crippen LogP contribution is -2.48. The average Bonchev–Trinajstić information content (AvgIpc) is 2.53. The molecule has 1 aliphatic heterocycles. The van der Waals surface area contributed by atoms with Gasteiger partial charge in [-0.25, -0.2) is 0 Å². The summed E-state index contributed by atoms with van der Waals surface area (Å²) in [6, 6.07) is 5.11. The number of amides is 2. The summed E-state index contributed by atoms with van der Waals surface area (Å²) in [7, 11) is 1.54. The first-order chi connectivity index (χ1) is 10.5. The van der Waals surface area contributed by atoms with E-state index in [0.29, 0.717) is 30.1 Å². The van der Waals surface area contributed by atoms with Gasteiger partial charge in [0.1, 0.15) is 5.75 Å². The number of nitrogens with zero attached hydrogens (tertiary/aromatic N) is 2. The van der Waals surface area contributed by atoms with Crippen molar-refractivity contribution in [3.05, 3.63) is 23.8 Å². The van der Waals surface area contributed by atoms with Crippen molar-refractivity contribution in [3.8, 4) is 5.75 Å². The molecule has 0 unspecified atom stereocenters. The summed E-state index contributed by atoms with van der Waals surface area (Å²) in [5, 5.41) is 2.70. The van der Waals surface area contributed by atoms with E-state index in [1.165, 1.54) is 6.92 Å². The Morgan fingerprint density at radius 1 is 1.23 bits per heavy atom. The first-order valence-electron chi connectivity index (χ1n) is 7.52. The fourth-order valence-corrected chi connectivity index (χ4v) is 2.59. The van der Waals surface area contributed by atoms with Gasteiger partial charge >= 0.3 is 0 Å². The average molecular weight is 305 g/mol. The van der Waals surface area contributed by atoms with Crippen LogP contribution in [0.15, 0.2) is 18.2 Å². The highest BCUT2D eigenvalue weighted by Crippen LogP contribution is 2.24. The van der Waals surface area contributed by atoms with Gasteiger partial charge in [0.15, 0.2) is 0 Å². The molecule has 1 N–H and O–H groups in total. The van der Waals surface area contributed by atoms with Crippen molar-refractivity contribution in [2.24, 2.45) is 0 Å². The van der Waals surface area contributed by atoms with Gasteiger partial charge in [0, 0.05) is 38.8 Å². The van der Waals surface area contributed by atoms with Gasteiger partial charge in [-0.1, -0.05) is 6.92 Å². The molecule has 0 radical (unpaired) electrons. The highest BCUT2D eigenvalue weighted by Gasteiger charge is 2.24. The number of rotatable bonds is 4. The second-order valence-electron chi connectivity index (χ2n) is 5.32. The van der Waals surface area contributed by atoms with Crippen molar-refractivity contribution >= 4 is 17.5 Å². The zero-order valence-electron chi connectivity index (χ0n) is 13.4. The maximum atomic E-state index is 12.7. The molecule has 0 aromatic heterocycles. The SMILES string of the molecule is CCN1CCN(C(=O)c2cc(NC(C)=O)ccc2OC)CC1. The number of piperazine rings is 1. The highest BCUT2D eigenvalue weighted by atomic mass is 16.5. The zero-order valence-corrected chi connectivity index (χ0v) is 13.4. The van der Waals surface area contributed by atoms with Crippen LogP contribution in [0.4, 0.5) is 5.69 Å². The van der Waals surface area contributed by atoms with Crippen LogP contribution in [0.1, 0.15) is 24.2 Å². The zero-order chi connectivity index (χ0) is 16.1. The van der Waals surface area contributed by atoms with Crippen molar-refractivity contribution < 1.29 is 14.3 Å². The molecule has 120 valence electrons. The van der Waals surface area contributed by atoms with E-state index in [2.05, 4.69) is 17.1 Å². The summed E-state index contributed by atoms with van der Waals surface area (Å²) in [5.41, 5.74) is 1.09. The lowest BCUT2D eigenvalue weighted by molar-refractivity contribution is -0.114. The Morgan fingerprint density at radius 3 is 2.45 bits per heavy atom. The maximum absolute atomic E-state index is 12.7. The number of nitrogens with one attached hydrogen (secondary N) is 1. The third-order valence-corrected chi connectivity index (χ3v) is 3.86. The Balaban J connectivity index is 2.18. The van der Waals surface area contributed by atoms with Crippen LogP contribution in [-0.4, -0.2) is 61.4 Å². The van der Waals surface area contributed by atoms with Crippen LogP contribution in [0, 0.1) is 0 Å². The molecule has 0 atom stereocenters. The summed E-state index contributed by atoms with van der Waals surface area (Å²) in [5.74, 6) is 0.303. The van der Waals surface area contributed by atoms with Crippen molar-refractivity contribution in [3.63, 3.8) is 0 Å². The lowest BCUT2D eigenvalue weighted by atomic mass is 10.1. The molecule has 1 fully saturated rings. The van der Waals surface area contributed by atoms with Crippen LogP contribution in [0.2, 0.25) is 0 Å². The second kappa shape index (κ2) is 7.26. The molecular weight excluding hydrogens is 282 g/mol. The molecule has 1 saturated heterocycles. The van der Waals surface area contributed by atoms with Gasteiger partial charge in [0.05, 0.1) is 12.7 Å². The predicted octanol–water partition coefficient (Wildman–Crippen LogP) is 1.43. The summed E-state index contributed by atoms with van der Waals surface area (Å²) >= 11 is 0. The van der Waals surface area contributed by atoms with Gasteiger partial charge in [-0.15, -0.1) is 0 Å². The van der Waals surface area contributed by atoms with Crippen LogP contribution in [0.25, 0.3) is 0 Å². The smallest absolute Gasteiger partial charge is 0.257 e. The minimum absolute atomic E-state index is 0.0557. The number of likely N-dealkylation sites (N-methyl/N-ethyl adjacent to an activating group) is 1. The first kappa shape index (κ1) is 16.3. The largest absolute Gasteiger partial charge is 0.496 e. The first-order valence-corrected chi connectivity index (χ1v) is 7.52. The van der Waals surface area contributed by atoms with Gasteiger partial charge in [-0.3, -0.25) is 9.59 Å². The summed E-state index contributed by atoms with van der Waals surface area (Å²) in [4.78, 5) is 28.1. The number of methoxy groups -OCH3 is 1. The lowest BCUT2D eigenvalue weighted by Gasteiger charge is -2.34. The van der Waals surface area contributed by atoms with E-state index in [1.807, 2.05) is 4.90 Å². The van der Waals surface area contributed by atoms with E-state index in [4.69, 9.17) is 4.74 Å². The highest BCUT2D eigenvalue weighted by molar-refractivity contribution is 5.99. The topological polar surface area (TPSA) is 61.9 Å². The van der Waals surface area contributed by atoms with Crippen LogP contribution in [-0.2, 0) is 4.79 Å². The third kappa shape index (κ3) is 3.76. The number of hydrogen-bond acceptors (Lipinski definition) is 4. The van der Waals surface area contributed by atoms with E-state index in [-0.39, 0.29) is 11.8 Å². The third-order valence-electron chi connectivity index (χ3n) is 3.86. The monoisotopic (exact) mass is 305 g/mol. The Morgan fingerprint density at radius 2 is 1.91 bits per heavy atom. The molecule has 1 heterocycles. The van der Waals surface area contributed by atoms with Gasteiger partial charge in [0.25, 0.3) is 5.91 Å². The standard InChI is InChI=1S/C16H23N3O3/c1-4-18-7-9-19(10-8-18)16(21)14-11-13(17-12(2)20)5-6-15(14)22-3/h5-6,11H,4,7-10H2,1-3H3,(H,17,20). The Bertz CT molecular complexity index is 552. The second-order valence-corrected chi connectivity index (χ2v) is 5.32. The molecule has 0 aliphatic carbocycles. The number of carbonyl (C=O) groups excluding carboxylic acids is 2. The van der Waals surface area contributed by atoms with Crippen molar-refractivity contribution in [1.82, 2.24) is 9.80 Å². The van der Waals surface area contributed by atoms with Crippen LogP contribution in [0.5, 0.6) is 5.75 Å². The minimum Gasteiger partial charge on any atom is -0.496 e. The van der Waals surface area contributed by atoms with Gasteiger partial charge in [-0.2, -0.15) is 0 Å². The Labute approximate surface area is 131 Å². The molecule has 2 rings (SSSR count). The molecule has 22 heavy (non-hydrogen) atoms. The Hall–Kier alpha value is -2.08. The predicted molar refractivity (Wildman–Crippen MR) is 85.3 cm³/mol. The number of ether oxygens (including phenoxy) is 1. The van der Waals surface area contributed by atoms with E-state index >= 15 is 0 Å². The van der Waals surface area contributed by atoms with Gasteiger partial charge in [0.2, 0.25) is 5.91 Å². The fraction of sp³-hybridized carbons (Fsp3) is 0.500. The molecule has 6 heteroatoms. The van der Waals surface area contributed by atoms with E-state index < -0.39 is 0 Å². The molecular formula is C16H23N3O3. The fourth-order valence-electron chi connectivity index (χ4n) is 2.59. The quantitative estimate of drug-likeness (QED) is 0.914. The van der Waals surface area contributed by atoms with Crippen LogP contribution < -0.4 is 10.1 Å². The Kier molecular flexibility index (Phi) is 5.38. The molecule has 1 aliphatic rings. The molecule has 1 aromatic carbocycles. The molecule has 0 spiro atoms. The summed E-state index contributed by atoms with van der Waals surface area (Å²) < 4.78 is 5.29. The number of anilines is 1.